The van der Waals surface area contributed by atoms with Crippen molar-refractivity contribution in [2.45, 2.75) is 12.5 Å². The van der Waals surface area contributed by atoms with E-state index in [1.54, 1.807) is 12.1 Å². The van der Waals surface area contributed by atoms with Gasteiger partial charge in [0.1, 0.15) is 5.75 Å². The van der Waals surface area contributed by atoms with Gasteiger partial charge in [-0.15, -0.1) is 11.3 Å². The Hall–Kier alpha value is -2.56. The molecule has 1 aromatic heterocycles. The summed E-state index contributed by atoms with van der Waals surface area (Å²) in [4.78, 5) is 12.5. The average molecular weight is 385 g/mol. The van der Waals surface area contributed by atoms with Gasteiger partial charge in [-0.25, -0.2) is 4.79 Å². The molecule has 0 spiro atoms. The lowest BCUT2D eigenvalue weighted by atomic mass is 10.1. The lowest BCUT2D eigenvalue weighted by molar-refractivity contribution is -0.144. The van der Waals surface area contributed by atoms with Crippen LogP contribution in [0.5, 0.6) is 5.75 Å². The fourth-order valence-corrected chi connectivity index (χ4v) is 3.47. The zero-order valence-corrected chi connectivity index (χ0v) is 15.4. The number of thiophene rings is 1. The summed E-state index contributed by atoms with van der Waals surface area (Å²) < 4.78 is 6.37. The second kappa shape index (κ2) is 8.70. The van der Waals surface area contributed by atoms with Crippen LogP contribution in [0.1, 0.15) is 12.0 Å². The summed E-state index contributed by atoms with van der Waals surface area (Å²) in [6, 6.07) is 20.9. The van der Waals surface area contributed by atoms with Crippen LogP contribution in [0.4, 0.5) is 0 Å². The molecule has 0 saturated heterocycles. The maximum Gasteiger partial charge on any atom is 0.345 e. The Bertz CT molecular complexity index is 885. The van der Waals surface area contributed by atoms with Crippen molar-refractivity contribution in [3.8, 4) is 16.2 Å². The fraction of sp³-hybridized carbons (Fsp3) is 0.0952. The van der Waals surface area contributed by atoms with Crippen molar-refractivity contribution in [2.75, 3.05) is 0 Å². The van der Waals surface area contributed by atoms with E-state index in [2.05, 4.69) is 0 Å². The number of hydrogen-bond donors (Lipinski definition) is 1. The van der Waals surface area contributed by atoms with E-state index in [-0.39, 0.29) is 6.42 Å². The molecule has 3 rings (SSSR count). The molecular weight excluding hydrogens is 368 g/mol. The number of carbonyl (C=O) groups is 1. The van der Waals surface area contributed by atoms with Crippen LogP contribution in [0.2, 0.25) is 4.34 Å². The molecule has 3 aromatic rings. The molecule has 1 atom stereocenters. The highest BCUT2D eigenvalue weighted by Crippen LogP contribution is 2.32. The van der Waals surface area contributed by atoms with E-state index in [1.165, 1.54) is 11.3 Å². The normalized spacial score (nSPS) is 12.2. The predicted molar refractivity (Wildman–Crippen MR) is 107 cm³/mol. The molecule has 0 fully saturated rings. The van der Waals surface area contributed by atoms with Gasteiger partial charge in [0, 0.05) is 11.3 Å². The molecule has 132 valence electrons. The first-order chi connectivity index (χ1) is 12.6. The number of hydrogen-bond acceptors (Lipinski definition) is 3. The fourth-order valence-electron chi connectivity index (χ4n) is 2.42. The molecule has 0 aliphatic rings. The Labute approximate surface area is 161 Å². The Morgan fingerprint density at radius 3 is 2.42 bits per heavy atom. The van der Waals surface area contributed by atoms with E-state index < -0.39 is 12.1 Å². The highest BCUT2D eigenvalue weighted by Gasteiger charge is 2.17. The number of benzene rings is 2. The predicted octanol–water partition coefficient (Wildman–Crippen LogP) is 6.00. The van der Waals surface area contributed by atoms with Gasteiger partial charge in [0.15, 0.2) is 6.10 Å². The summed E-state index contributed by atoms with van der Waals surface area (Å²) in [6.45, 7) is 0. The quantitative estimate of drug-likeness (QED) is 0.543. The van der Waals surface area contributed by atoms with E-state index >= 15 is 0 Å². The smallest absolute Gasteiger partial charge is 0.345 e. The minimum absolute atomic E-state index is 0.284. The first-order valence-electron chi connectivity index (χ1n) is 8.08. The minimum atomic E-state index is -0.989. The van der Waals surface area contributed by atoms with Gasteiger partial charge in [-0.3, -0.25) is 0 Å². The van der Waals surface area contributed by atoms with Gasteiger partial charge < -0.3 is 9.84 Å². The van der Waals surface area contributed by atoms with Crippen LogP contribution >= 0.6 is 22.9 Å². The molecule has 1 heterocycles. The second-order valence-electron chi connectivity index (χ2n) is 5.62. The third-order valence-electron chi connectivity index (χ3n) is 3.73. The summed E-state index contributed by atoms with van der Waals surface area (Å²) in [5, 5.41) is 9.40. The number of carboxylic acids is 1. The number of aliphatic carboxylic acids is 1. The van der Waals surface area contributed by atoms with Crippen molar-refractivity contribution in [3.05, 3.63) is 82.7 Å². The Balaban J connectivity index is 1.64. The molecule has 26 heavy (non-hydrogen) atoms. The Morgan fingerprint density at radius 1 is 1.08 bits per heavy atom. The monoisotopic (exact) mass is 384 g/mol. The topological polar surface area (TPSA) is 46.5 Å². The van der Waals surface area contributed by atoms with Crippen LogP contribution in [-0.4, -0.2) is 17.2 Å². The summed E-state index contributed by atoms with van der Waals surface area (Å²) in [7, 11) is 0. The van der Waals surface area contributed by atoms with Crippen LogP contribution < -0.4 is 4.74 Å². The van der Waals surface area contributed by atoms with E-state index in [0.717, 1.165) is 20.3 Å². The maximum absolute atomic E-state index is 11.5. The molecule has 2 aromatic carbocycles. The van der Waals surface area contributed by atoms with Gasteiger partial charge in [0.05, 0.1) is 4.34 Å². The summed E-state index contributed by atoms with van der Waals surface area (Å²) in [5.41, 5.74) is 2.04. The number of halogens is 1. The van der Waals surface area contributed by atoms with Crippen molar-refractivity contribution in [2.24, 2.45) is 0 Å². The summed E-state index contributed by atoms with van der Waals surface area (Å²) in [5.74, 6) is -0.464. The molecule has 0 bridgehead atoms. The van der Waals surface area contributed by atoms with Gasteiger partial charge in [-0.2, -0.15) is 0 Å². The zero-order chi connectivity index (χ0) is 18.4. The van der Waals surface area contributed by atoms with Gasteiger partial charge in [-0.1, -0.05) is 54.1 Å². The lowest BCUT2D eigenvalue weighted by Crippen LogP contribution is -2.26. The van der Waals surface area contributed by atoms with Crippen LogP contribution in [0, 0.1) is 0 Å². The largest absolute Gasteiger partial charge is 0.478 e. The summed E-state index contributed by atoms with van der Waals surface area (Å²) in [6.07, 6.45) is 3.06. The molecule has 1 N–H and O–H groups in total. The molecule has 0 aliphatic heterocycles. The molecule has 3 nitrogen and oxygen atoms in total. The number of rotatable bonds is 7. The van der Waals surface area contributed by atoms with E-state index in [9.17, 15) is 9.90 Å². The molecular formula is C21H17ClO3S. The molecule has 0 saturated carbocycles. The first-order valence-corrected chi connectivity index (χ1v) is 9.28. The highest BCUT2D eigenvalue weighted by molar-refractivity contribution is 7.19. The Kier molecular flexibility index (Phi) is 6.10. The molecule has 0 radical (unpaired) electrons. The van der Waals surface area contributed by atoms with Crippen LogP contribution in [-0.2, 0) is 4.79 Å². The maximum atomic E-state index is 11.5. The van der Waals surface area contributed by atoms with E-state index in [1.807, 2.05) is 66.7 Å². The molecule has 0 amide bonds. The SMILES string of the molecule is O=C(O)[C@@H](C/C=C/c1ccccc1)Oc1ccc(-c2ccc(Cl)s2)cc1. The zero-order valence-electron chi connectivity index (χ0n) is 13.8. The van der Waals surface area contributed by atoms with Crippen molar-refractivity contribution < 1.29 is 14.6 Å². The second-order valence-corrected chi connectivity index (χ2v) is 7.34. The average Bonchev–Trinajstić information content (AvgIpc) is 3.08. The van der Waals surface area contributed by atoms with Gasteiger partial charge >= 0.3 is 5.97 Å². The van der Waals surface area contributed by atoms with Crippen molar-refractivity contribution in [1.29, 1.82) is 0 Å². The molecule has 5 heteroatoms. The standard InChI is InChI=1S/C21H17ClO3S/c22-20-14-13-19(26-20)16-9-11-17(12-10-16)25-18(21(23)24)8-4-7-15-5-2-1-3-6-15/h1-7,9-14,18H,8H2,(H,23,24)/b7-4+/t18-/m1/s1. The van der Waals surface area contributed by atoms with E-state index in [4.69, 9.17) is 16.3 Å². The van der Waals surface area contributed by atoms with Crippen molar-refractivity contribution >= 4 is 35.0 Å². The molecule has 0 aliphatic carbocycles. The highest BCUT2D eigenvalue weighted by atomic mass is 35.5. The van der Waals surface area contributed by atoms with Crippen molar-refractivity contribution in [1.82, 2.24) is 0 Å². The van der Waals surface area contributed by atoms with Crippen LogP contribution in [0.15, 0.2) is 72.8 Å². The van der Waals surface area contributed by atoms with Crippen molar-refractivity contribution in [3.63, 3.8) is 0 Å². The number of carboxylic acid groups (broad SMARTS) is 1. The van der Waals surface area contributed by atoms with E-state index in [0.29, 0.717) is 5.75 Å². The van der Waals surface area contributed by atoms with Gasteiger partial charge in [0.25, 0.3) is 0 Å². The Morgan fingerprint density at radius 2 is 1.81 bits per heavy atom. The first kappa shape index (κ1) is 18.2. The third-order valence-corrected chi connectivity index (χ3v) is 5.01. The van der Waals surface area contributed by atoms with Gasteiger partial charge in [-0.05, 0) is 47.5 Å². The van der Waals surface area contributed by atoms with Crippen LogP contribution in [0.25, 0.3) is 16.5 Å². The number of ether oxygens (including phenoxy) is 1. The van der Waals surface area contributed by atoms with Gasteiger partial charge in [0.2, 0.25) is 0 Å². The lowest BCUT2D eigenvalue weighted by Gasteiger charge is -2.13. The third kappa shape index (κ3) is 4.97. The van der Waals surface area contributed by atoms with Crippen LogP contribution in [0.3, 0.4) is 0 Å². The summed E-state index contributed by atoms with van der Waals surface area (Å²) >= 11 is 7.46. The minimum Gasteiger partial charge on any atom is -0.478 e. The molecule has 0 unspecified atom stereocenters.